The number of benzene rings is 1. The molecule has 1 aromatic carbocycles. The van der Waals surface area contributed by atoms with Crippen LogP contribution in [0.5, 0.6) is 0 Å². The van der Waals surface area contributed by atoms with Crippen LogP contribution in [0.25, 0.3) is 0 Å². The van der Waals surface area contributed by atoms with Gasteiger partial charge >= 0.3 is 0 Å². The molecular formula is C13H17ClN2OS. The van der Waals surface area contributed by atoms with Gasteiger partial charge in [0.15, 0.2) is 0 Å². The first-order valence-corrected chi connectivity index (χ1v) is 8.12. The molecule has 0 fully saturated rings. The Bertz CT molecular complexity index is 525. The maximum atomic E-state index is 12.5. The summed E-state index contributed by atoms with van der Waals surface area (Å²) >= 11 is 5.80. The van der Waals surface area contributed by atoms with Crippen LogP contribution in [0.4, 0.5) is 0 Å². The van der Waals surface area contributed by atoms with Crippen LogP contribution in [-0.4, -0.2) is 16.5 Å². The smallest absolute Gasteiger partial charge is 0.119 e. The van der Waals surface area contributed by atoms with Crippen molar-refractivity contribution in [3.8, 4) is 6.07 Å². The lowest BCUT2D eigenvalue weighted by molar-refractivity contribution is 0.674. The fraction of sp³-hybridized carbons (Fsp3) is 0.462. The van der Waals surface area contributed by atoms with Gasteiger partial charge in [0.2, 0.25) is 0 Å². The molecule has 18 heavy (non-hydrogen) atoms. The molecule has 0 radical (unpaired) electrons. The van der Waals surface area contributed by atoms with Crippen LogP contribution in [-0.2, 0) is 15.5 Å². The topological polar surface area (TPSA) is 53.2 Å². The molecule has 0 aromatic heterocycles. The zero-order valence-corrected chi connectivity index (χ0v) is 12.0. The van der Waals surface area contributed by atoms with Gasteiger partial charge in [0.25, 0.3) is 0 Å². The van der Waals surface area contributed by atoms with Gasteiger partial charge in [0.1, 0.15) is 5.75 Å². The summed E-state index contributed by atoms with van der Waals surface area (Å²) in [6.07, 6.45) is 1.91. The molecule has 0 saturated heterocycles. The minimum absolute atomic E-state index is 0.0145. The fourth-order valence-corrected chi connectivity index (χ4v) is 3.26. The molecule has 0 heterocycles. The Morgan fingerprint density at radius 2 is 2.06 bits per heavy atom. The Labute approximate surface area is 114 Å². The second kappa shape index (κ2) is 7.40. The van der Waals surface area contributed by atoms with E-state index >= 15 is 0 Å². The number of unbranched alkanes of at least 4 members (excludes halogenated alkanes) is 1. The van der Waals surface area contributed by atoms with Gasteiger partial charge in [-0.2, -0.15) is 5.26 Å². The quantitative estimate of drug-likeness (QED) is 0.749. The maximum absolute atomic E-state index is 12.5. The molecule has 3 nitrogen and oxygen atoms in total. The number of rotatable bonds is 6. The summed E-state index contributed by atoms with van der Waals surface area (Å²) in [4.78, 5) is 0. The minimum atomic E-state index is -2.46. The largest absolute Gasteiger partial charge is 0.248 e. The van der Waals surface area contributed by atoms with E-state index in [2.05, 4.69) is 11.3 Å². The first kappa shape index (κ1) is 15.0. The standard InChI is InChI=1S/C13H17ClN2OS/c1-2-3-9-16-18(17,10-8-15)11-12-4-6-13(14)7-5-12/h4-7H,2-3,9-11H2,1H3. The van der Waals surface area contributed by atoms with Crippen molar-refractivity contribution >= 4 is 21.3 Å². The first-order valence-electron chi connectivity index (χ1n) is 5.89. The lowest BCUT2D eigenvalue weighted by atomic mass is 10.2. The zero-order valence-electron chi connectivity index (χ0n) is 10.4. The van der Waals surface area contributed by atoms with E-state index in [1.54, 1.807) is 12.1 Å². The van der Waals surface area contributed by atoms with Gasteiger partial charge < -0.3 is 0 Å². The molecular weight excluding hydrogens is 268 g/mol. The number of nitriles is 1. The molecule has 1 aromatic rings. The minimum Gasteiger partial charge on any atom is -0.248 e. The van der Waals surface area contributed by atoms with Gasteiger partial charge in [-0.05, 0) is 24.1 Å². The Balaban J connectivity index is 2.86. The third kappa shape index (κ3) is 5.07. The monoisotopic (exact) mass is 284 g/mol. The fourth-order valence-electron chi connectivity index (χ4n) is 1.47. The van der Waals surface area contributed by atoms with E-state index in [-0.39, 0.29) is 5.75 Å². The highest BCUT2D eigenvalue weighted by molar-refractivity contribution is 7.93. The van der Waals surface area contributed by atoms with Crippen LogP contribution >= 0.6 is 11.6 Å². The Morgan fingerprint density at radius 1 is 1.39 bits per heavy atom. The van der Waals surface area contributed by atoms with E-state index in [0.29, 0.717) is 17.3 Å². The van der Waals surface area contributed by atoms with E-state index in [1.165, 1.54) is 0 Å². The van der Waals surface area contributed by atoms with Crippen LogP contribution in [0.3, 0.4) is 0 Å². The third-order valence-electron chi connectivity index (χ3n) is 2.43. The summed E-state index contributed by atoms with van der Waals surface area (Å²) < 4.78 is 16.7. The molecule has 0 aliphatic heterocycles. The molecule has 0 spiro atoms. The van der Waals surface area contributed by atoms with Crippen LogP contribution in [0, 0.1) is 11.3 Å². The van der Waals surface area contributed by atoms with Crippen molar-refractivity contribution in [2.24, 2.45) is 4.36 Å². The molecule has 5 heteroatoms. The summed E-state index contributed by atoms with van der Waals surface area (Å²) in [6, 6.07) is 9.15. The number of hydrogen-bond acceptors (Lipinski definition) is 3. The molecule has 1 unspecified atom stereocenters. The predicted octanol–water partition coefficient (Wildman–Crippen LogP) is 3.63. The van der Waals surface area contributed by atoms with Gasteiger partial charge in [-0.15, -0.1) is 0 Å². The predicted molar refractivity (Wildman–Crippen MR) is 76.0 cm³/mol. The SMILES string of the molecule is CCCCN=S(=O)(CC#N)Cc1ccc(Cl)cc1. The van der Waals surface area contributed by atoms with Crippen molar-refractivity contribution in [1.82, 2.24) is 0 Å². The summed E-state index contributed by atoms with van der Waals surface area (Å²) in [5, 5.41) is 9.42. The van der Waals surface area contributed by atoms with Gasteiger partial charge in [0, 0.05) is 11.6 Å². The Kier molecular flexibility index (Phi) is 6.17. The van der Waals surface area contributed by atoms with E-state index < -0.39 is 9.73 Å². The van der Waals surface area contributed by atoms with Crippen molar-refractivity contribution in [3.05, 3.63) is 34.9 Å². The van der Waals surface area contributed by atoms with Gasteiger partial charge in [-0.25, -0.2) is 8.57 Å². The normalized spacial score (nSPS) is 13.6. The van der Waals surface area contributed by atoms with Crippen molar-refractivity contribution in [3.63, 3.8) is 0 Å². The van der Waals surface area contributed by atoms with Gasteiger partial charge in [-0.3, -0.25) is 0 Å². The highest BCUT2D eigenvalue weighted by Crippen LogP contribution is 2.14. The highest BCUT2D eigenvalue weighted by Gasteiger charge is 2.09. The molecule has 0 N–H and O–H groups in total. The van der Waals surface area contributed by atoms with Crippen molar-refractivity contribution in [2.45, 2.75) is 25.5 Å². The molecule has 0 aliphatic carbocycles. The number of halogens is 1. The van der Waals surface area contributed by atoms with Crippen molar-refractivity contribution < 1.29 is 4.21 Å². The van der Waals surface area contributed by atoms with E-state index in [4.69, 9.17) is 16.9 Å². The molecule has 0 aliphatic rings. The zero-order chi connectivity index (χ0) is 13.4. The first-order chi connectivity index (χ1) is 8.59. The van der Waals surface area contributed by atoms with Gasteiger partial charge in [-0.1, -0.05) is 37.1 Å². The van der Waals surface area contributed by atoms with E-state index in [1.807, 2.05) is 18.2 Å². The Hall–Kier alpha value is -1.05. The molecule has 98 valence electrons. The molecule has 1 atom stereocenters. The average molecular weight is 285 g/mol. The average Bonchev–Trinajstić information content (AvgIpc) is 2.33. The summed E-state index contributed by atoms with van der Waals surface area (Å²) in [7, 11) is -2.46. The van der Waals surface area contributed by atoms with E-state index in [9.17, 15) is 4.21 Å². The summed E-state index contributed by atoms with van der Waals surface area (Å²) in [5.41, 5.74) is 0.903. The highest BCUT2D eigenvalue weighted by atomic mass is 35.5. The van der Waals surface area contributed by atoms with Crippen LogP contribution in [0.2, 0.25) is 5.02 Å². The molecule has 0 saturated carbocycles. The molecule has 1 rings (SSSR count). The molecule has 0 bridgehead atoms. The summed E-state index contributed by atoms with van der Waals surface area (Å²) in [6.45, 7) is 2.62. The van der Waals surface area contributed by atoms with Crippen molar-refractivity contribution in [1.29, 1.82) is 5.26 Å². The van der Waals surface area contributed by atoms with Crippen LogP contribution < -0.4 is 0 Å². The second-order valence-electron chi connectivity index (χ2n) is 4.05. The van der Waals surface area contributed by atoms with Crippen LogP contribution in [0.1, 0.15) is 25.3 Å². The second-order valence-corrected chi connectivity index (χ2v) is 6.87. The Morgan fingerprint density at radius 3 is 2.61 bits per heavy atom. The lowest BCUT2D eigenvalue weighted by Gasteiger charge is -2.07. The van der Waals surface area contributed by atoms with E-state index in [0.717, 1.165) is 18.4 Å². The maximum Gasteiger partial charge on any atom is 0.119 e. The number of nitrogens with zero attached hydrogens (tertiary/aromatic N) is 2. The number of hydrogen-bond donors (Lipinski definition) is 0. The van der Waals surface area contributed by atoms with Gasteiger partial charge in [0.05, 0.1) is 21.6 Å². The van der Waals surface area contributed by atoms with Crippen LogP contribution in [0.15, 0.2) is 28.6 Å². The molecule has 0 amide bonds. The lowest BCUT2D eigenvalue weighted by Crippen LogP contribution is -2.09. The summed E-state index contributed by atoms with van der Waals surface area (Å²) in [5.74, 6) is 0.306. The third-order valence-corrected chi connectivity index (χ3v) is 4.70. The van der Waals surface area contributed by atoms with Crippen molar-refractivity contribution in [2.75, 3.05) is 12.3 Å².